The highest BCUT2D eigenvalue weighted by atomic mass is 16.5. The van der Waals surface area contributed by atoms with Gasteiger partial charge in [0.25, 0.3) is 0 Å². The van der Waals surface area contributed by atoms with Crippen LogP contribution in [0.25, 0.3) is 0 Å². The van der Waals surface area contributed by atoms with Gasteiger partial charge in [-0.05, 0) is 52.8 Å². The van der Waals surface area contributed by atoms with Gasteiger partial charge in [-0.2, -0.15) is 0 Å². The minimum Gasteiger partial charge on any atom is -0.493 e. The third-order valence-corrected chi connectivity index (χ3v) is 5.52. The lowest BCUT2D eigenvalue weighted by Gasteiger charge is -2.36. The molecule has 0 radical (unpaired) electrons. The minimum absolute atomic E-state index is 0.0545. The lowest BCUT2D eigenvalue weighted by molar-refractivity contribution is -0.124. The summed E-state index contributed by atoms with van der Waals surface area (Å²) in [6, 6.07) is 5.83. The number of ether oxygens (including phenoxy) is 2. The molecule has 0 bridgehead atoms. The van der Waals surface area contributed by atoms with Gasteiger partial charge in [0.1, 0.15) is 6.33 Å². The molecule has 3 rings (SSSR count). The highest BCUT2D eigenvalue weighted by Crippen LogP contribution is 2.40. The highest BCUT2D eigenvalue weighted by Gasteiger charge is 2.35. The molecule has 1 saturated carbocycles. The Kier molecular flexibility index (Phi) is 6.84. The second-order valence-electron chi connectivity index (χ2n) is 7.53. The minimum atomic E-state index is -0.0545. The van der Waals surface area contributed by atoms with Crippen LogP contribution in [-0.4, -0.2) is 46.9 Å². The third kappa shape index (κ3) is 5.21. The Balaban J connectivity index is 1.53. The molecule has 0 atom stereocenters. The molecule has 0 spiro atoms. The average molecular weight is 387 g/mol. The monoisotopic (exact) mass is 387 g/mol. The Morgan fingerprint density at radius 2 is 1.96 bits per heavy atom. The molecule has 0 saturated heterocycles. The first kappa shape index (κ1) is 20.1. The van der Waals surface area contributed by atoms with E-state index in [2.05, 4.69) is 20.8 Å². The quantitative estimate of drug-likeness (QED) is 0.710. The van der Waals surface area contributed by atoms with Crippen molar-refractivity contribution >= 4 is 5.91 Å². The summed E-state index contributed by atoms with van der Waals surface area (Å²) in [4.78, 5) is 12.6. The number of hydrogen-bond donors (Lipinski definition) is 1. The average Bonchev–Trinajstić information content (AvgIpc) is 3.21. The number of methoxy groups -OCH3 is 2. The second kappa shape index (κ2) is 9.52. The summed E-state index contributed by atoms with van der Waals surface area (Å²) in [6.45, 7) is 1.29. The van der Waals surface area contributed by atoms with Crippen LogP contribution in [0, 0.1) is 5.41 Å². The number of amides is 1. The number of rotatable bonds is 9. The molecule has 1 amide bonds. The maximum absolute atomic E-state index is 12.6. The largest absolute Gasteiger partial charge is 0.493 e. The first-order chi connectivity index (χ1) is 13.6. The summed E-state index contributed by atoms with van der Waals surface area (Å²) >= 11 is 0. The zero-order valence-electron chi connectivity index (χ0n) is 16.7. The summed E-state index contributed by atoms with van der Waals surface area (Å²) in [5.41, 5.74) is 1.04. The van der Waals surface area contributed by atoms with Crippen LogP contribution < -0.4 is 14.8 Å². The third-order valence-electron chi connectivity index (χ3n) is 5.52. The molecule has 8 nitrogen and oxygen atoms in total. The molecule has 1 N–H and O–H groups in total. The Morgan fingerprint density at radius 3 is 2.64 bits per heavy atom. The fourth-order valence-electron chi connectivity index (χ4n) is 4.07. The first-order valence-corrected chi connectivity index (χ1v) is 9.82. The predicted molar refractivity (Wildman–Crippen MR) is 104 cm³/mol. The van der Waals surface area contributed by atoms with Crippen LogP contribution in [0.1, 0.15) is 44.1 Å². The van der Waals surface area contributed by atoms with Gasteiger partial charge >= 0.3 is 0 Å². The van der Waals surface area contributed by atoms with Gasteiger partial charge in [0.05, 0.1) is 20.8 Å². The van der Waals surface area contributed by atoms with E-state index in [4.69, 9.17) is 9.47 Å². The van der Waals surface area contributed by atoms with E-state index in [1.54, 1.807) is 25.2 Å². The molecule has 1 fully saturated rings. The zero-order valence-corrected chi connectivity index (χ0v) is 16.7. The fourth-order valence-corrected chi connectivity index (χ4v) is 4.07. The molecule has 1 aliphatic carbocycles. The predicted octanol–water partition coefficient (Wildman–Crippen LogP) is 2.39. The molecular weight excluding hydrogens is 358 g/mol. The van der Waals surface area contributed by atoms with Gasteiger partial charge in [-0.3, -0.25) is 4.79 Å². The Bertz CT molecular complexity index is 757. The normalized spacial score (nSPS) is 15.8. The van der Waals surface area contributed by atoms with Crippen molar-refractivity contribution in [2.24, 2.45) is 5.41 Å². The smallest absolute Gasteiger partial charge is 0.220 e. The highest BCUT2D eigenvalue weighted by molar-refractivity contribution is 5.76. The van der Waals surface area contributed by atoms with E-state index >= 15 is 0 Å². The molecule has 1 heterocycles. The molecule has 0 unspecified atom stereocenters. The number of benzene rings is 1. The maximum Gasteiger partial charge on any atom is 0.220 e. The number of nitrogens with zero attached hydrogens (tertiary/aromatic N) is 4. The topological polar surface area (TPSA) is 91.2 Å². The van der Waals surface area contributed by atoms with E-state index in [1.807, 2.05) is 18.2 Å². The van der Waals surface area contributed by atoms with Crippen molar-refractivity contribution in [1.29, 1.82) is 0 Å². The molecule has 0 aliphatic heterocycles. The molecule has 2 aromatic rings. The van der Waals surface area contributed by atoms with E-state index in [1.165, 1.54) is 6.42 Å². The number of hydrogen-bond acceptors (Lipinski definition) is 6. The summed E-state index contributed by atoms with van der Waals surface area (Å²) in [5, 5.41) is 14.5. The Hall–Kier alpha value is -2.64. The van der Waals surface area contributed by atoms with E-state index in [0.717, 1.165) is 37.7 Å². The van der Waals surface area contributed by atoms with Crippen molar-refractivity contribution in [2.75, 3.05) is 20.8 Å². The molecule has 152 valence electrons. The lowest BCUT2D eigenvalue weighted by Crippen LogP contribution is -2.37. The summed E-state index contributed by atoms with van der Waals surface area (Å²) in [7, 11) is 3.24. The maximum atomic E-state index is 12.6. The van der Waals surface area contributed by atoms with Gasteiger partial charge in [-0.1, -0.05) is 25.3 Å². The van der Waals surface area contributed by atoms with E-state index < -0.39 is 0 Å². The van der Waals surface area contributed by atoms with Gasteiger partial charge in [-0.25, -0.2) is 4.68 Å². The van der Waals surface area contributed by atoms with Crippen molar-refractivity contribution in [3.05, 3.63) is 30.1 Å². The van der Waals surface area contributed by atoms with Crippen LogP contribution >= 0.6 is 0 Å². The van der Waals surface area contributed by atoms with Crippen molar-refractivity contribution < 1.29 is 14.3 Å². The summed E-state index contributed by atoms with van der Waals surface area (Å²) in [6.07, 6.45) is 8.50. The van der Waals surface area contributed by atoms with Gasteiger partial charge in [0.2, 0.25) is 5.91 Å². The van der Waals surface area contributed by atoms with Crippen molar-refractivity contribution in [2.45, 2.75) is 51.5 Å². The van der Waals surface area contributed by atoms with E-state index in [0.29, 0.717) is 31.0 Å². The Labute approximate surface area is 165 Å². The zero-order chi connectivity index (χ0) is 19.8. The number of carbonyl (C=O) groups is 1. The fraction of sp³-hybridized carbons (Fsp3) is 0.600. The van der Waals surface area contributed by atoms with Gasteiger partial charge in [-0.15, -0.1) is 5.10 Å². The number of nitrogens with one attached hydrogen (secondary N) is 1. The second-order valence-corrected chi connectivity index (χ2v) is 7.53. The Morgan fingerprint density at radius 1 is 1.18 bits per heavy atom. The molecular formula is C20H29N5O3. The van der Waals surface area contributed by atoms with Crippen molar-refractivity contribution in [3.63, 3.8) is 0 Å². The van der Waals surface area contributed by atoms with Crippen molar-refractivity contribution in [3.8, 4) is 11.5 Å². The lowest BCUT2D eigenvalue weighted by atomic mass is 9.71. The first-order valence-electron chi connectivity index (χ1n) is 9.82. The molecule has 8 heteroatoms. The van der Waals surface area contributed by atoms with Crippen LogP contribution in [-0.2, 0) is 17.8 Å². The number of tetrazole rings is 1. The van der Waals surface area contributed by atoms with Crippen LogP contribution in [0.15, 0.2) is 24.5 Å². The van der Waals surface area contributed by atoms with Gasteiger partial charge in [0.15, 0.2) is 11.5 Å². The van der Waals surface area contributed by atoms with Gasteiger partial charge < -0.3 is 14.8 Å². The summed E-state index contributed by atoms with van der Waals surface area (Å²) < 4.78 is 12.4. The van der Waals surface area contributed by atoms with Crippen molar-refractivity contribution in [1.82, 2.24) is 25.5 Å². The van der Waals surface area contributed by atoms with Crippen LogP contribution in [0.4, 0.5) is 0 Å². The van der Waals surface area contributed by atoms with E-state index in [9.17, 15) is 4.79 Å². The summed E-state index contributed by atoms with van der Waals surface area (Å²) in [5.74, 6) is 1.50. The van der Waals surface area contributed by atoms with Crippen LogP contribution in [0.2, 0.25) is 0 Å². The number of aromatic nitrogens is 4. The SMILES string of the molecule is COc1ccc(CCNC(=O)CC2(Cn3cnnn3)CCCCC2)cc1OC. The molecule has 28 heavy (non-hydrogen) atoms. The molecule has 1 aromatic heterocycles. The molecule has 1 aliphatic rings. The van der Waals surface area contributed by atoms with E-state index in [-0.39, 0.29) is 11.3 Å². The van der Waals surface area contributed by atoms with Crippen LogP contribution in [0.3, 0.4) is 0 Å². The van der Waals surface area contributed by atoms with Crippen LogP contribution in [0.5, 0.6) is 11.5 Å². The standard InChI is InChI=1S/C20H29N5O3/c1-27-17-7-6-16(12-18(17)28-2)8-11-21-19(26)13-20(9-4-3-5-10-20)14-25-15-22-23-24-25/h6-7,12,15H,3-5,8-11,13-14H2,1-2H3,(H,21,26). The molecule has 1 aromatic carbocycles. The number of carbonyl (C=O) groups excluding carboxylic acids is 1. The van der Waals surface area contributed by atoms with Gasteiger partial charge in [0, 0.05) is 13.0 Å².